The molecule has 0 saturated carbocycles. The van der Waals surface area contributed by atoms with Gasteiger partial charge in [-0.15, -0.1) is 0 Å². The SMILES string of the molecule is CCOC(=O)C(=[N+]=[N-])/C(=N\OC)c1ccc([N+](=O)[O-])cc1. The molecule has 0 aliphatic carbocycles. The molecule has 0 radical (unpaired) electrons. The van der Waals surface area contributed by atoms with Crippen LogP contribution in [-0.4, -0.2) is 40.8 Å². The number of nitro benzene ring substituents is 1. The molecule has 110 valence electrons. The van der Waals surface area contributed by atoms with Gasteiger partial charge >= 0.3 is 11.7 Å². The van der Waals surface area contributed by atoms with Gasteiger partial charge in [0.2, 0.25) is 5.71 Å². The van der Waals surface area contributed by atoms with Gasteiger partial charge in [-0.2, -0.15) is 4.79 Å². The Morgan fingerprint density at radius 3 is 2.48 bits per heavy atom. The Morgan fingerprint density at radius 2 is 2.05 bits per heavy atom. The Morgan fingerprint density at radius 1 is 1.43 bits per heavy atom. The number of hydrogen-bond donors (Lipinski definition) is 0. The van der Waals surface area contributed by atoms with Crippen LogP contribution in [0.15, 0.2) is 29.4 Å². The van der Waals surface area contributed by atoms with Crippen LogP contribution in [0.3, 0.4) is 0 Å². The molecule has 0 fully saturated rings. The summed E-state index contributed by atoms with van der Waals surface area (Å²) in [7, 11) is 1.24. The molecule has 0 atom stereocenters. The van der Waals surface area contributed by atoms with E-state index in [1.165, 1.54) is 31.4 Å². The zero-order valence-electron chi connectivity index (χ0n) is 11.3. The molecule has 0 spiro atoms. The lowest BCUT2D eigenvalue weighted by atomic mass is 10.1. The average molecular weight is 292 g/mol. The van der Waals surface area contributed by atoms with E-state index in [4.69, 9.17) is 10.3 Å². The van der Waals surface area contributed by atoms with E-state index < -0.39 is 16.6 Å². The third kappa shape index (κ3) is 3.95. The first-order chi connectivity index (χ1) is 10.0. The highest BCUT2D eigenvalue weighted by atomic mass is 16.6. The monoisotopic (exact) mass is 292 g/mol. The van der Waals surface area contributed by atoms with Crippen molar-refractivity contribution >= 4 is 23.1 Å². The van der Waals surface area contributed by atoms with Crippen molar-refractivity contribution < 1.29 is 24.1 Å². The van der Waals surface area contributed by atoms with E-state index in [1.807, 2.05) is 0 Å². The maximum absolute atomic E-state index is 11.7. The summed E-state index contributed by atoms with van der Waals surface area (Å²) in [6.45, 7) is 1.67. The molecule has 0 unspecified atom stereocenters. The molecular weight excluding hydrogens is 280 g/mol. The number of nitrogens with zero attached hydrogens (tertiary/aromatic N) is 4. The van der Waals surface area contributed by atoms with Gasteiger partial charge in [0, 0.05) is 17.7 Å². The highest BCUT2D eigenvalue weighted by molar-refractivity contribution is 6.67. The first-order valence-electron chi connectivity index (χ1n) is 5.80. The van der Waals surface area contributed by atoms with Crippen LogP contribution in [0.1, 0.15) is 12.5 Å². The van der Waals surface area contributed by atoms with Gasteiger partial charge < -0.3 is 15.1 Å². The first kappa shape index (κ1) is 16.0. The van der Waals surface area contributed by atoms with Crippen LogP contribution < -0.4 is 0 Å². The van der Waals surface area contributed by atoms with E-state index in [2.05, 4.69) is 14.8 Å². The van der Waals surface area contributed by atoms with Crippen molar-refractivity contribution in [3.63, 3.8) is 0 Å². The van der Waals surface area contributed by atoms with Gasteiger partial charge in [-0.1, -0.05) is 5.16 Å². The van der Waals surface area contributed by atoms with Crippen LogP contribution in [0.2, 0.25) is 0 Å². The van der Waals surface area contributed by atoms with Crippen LogP contribution in [0.5, 0.6) is 0 Å². The Labute approximate surface area is 119 Å². The minimum absolute atomic E-state index is 0.0817. The zero-order chi connectivity index (χ0) is 15.8. The molecule has 1 rings (SSSR count). The van der Waals surface area contributed by atoms with Gasteiger partial charge in [-0.3, -0.25) is 10.1 Å². The fraction of sp³-hybridized carbons (Fsp3) is 0.250. The molecule has 0 aliphatic rings. The maximum atomic E-state index is 11.7. The summed E-state index contributed by atoms with van der Waals surface area (Å²) in [5.74, 6) is -0.894. The van der Waals surface area contributed by atoms with Gasteiger partial charge in [0.1, 0.15) is 7.11 Å². The number of esters is 1. The summed E-state index contributed by atoms with van der Waals surface area (Å²) < 4.78 is 4.73. The molecule has 0 bridgehead atoms. The predicted octanol–water partition coefficient (Wildman–Crippen LogP) is 1.18. The molecule has 21 heavy (non-hydrogen) atoms. The lowest BCUT2D eigenvalue weighted by Crippen LogP contribution is -2.28. The second-order valence-corrected chi connectivity index (χ2v) is 3.60. The number of benzene rings is 1. The van der Waals surface area contributed by atoms with Crippen molar-refractivity contribution in [1.82, 2.24) is 0 Å². The van der Waals surface area contributed by atoms with Crippen molar-refractivity contribution in [3.05, 3.63) is 45.5 Å². The average Bonchev–Trinajstić information content (AvgIpc) is 2.47. The molecule has 0 amide bonds. The molecule has 9 nitrogen and oxygen atoms in total. The zero-order valence-corrected chi connectivity index (χ0v) is 11.3. The van der Waals surface area contributed by atoms with Gasteiger partial charge in [0.05, 0.1) is 11.5 Å². The molecule has 0 aromatic heterocycles. The predicted molar refractivity (Wildman–Crippen MR) is 71.9 cm³/mol. The van der Waals surface area contributed by atoms with Crippen LogP contribution in [0, 0.1) is 10.1 Å². The molecule has 0 aliphatic heterocycles. The second-order valence-electron chi connectivity index (χ2n) is 3.60. The largest absolute Gasteiger partial charge is 0.457 e. The molecule has 9 heteroatoms. The van der Waals surface area contributed by atoms with Crippen molar-refractivity contribution in [2.45, 2.75) is 6.92 Å². The quantitative estimate of drug-likeness (QED) is 0.194. The summed E-state index contributed by atoms with van der Waals surface area (Å²) >= 11 is 0. The van der Waals surface area contributed by atoms with Gasteiger partial charge in [0.15, 0.2) is 0 Å². The van der Waals surface area contributed by atoms with Crippen molar-refractivity contribution in [2.24, 2.45) is 5.16 Å². The van der Waals surface area contributed by atoms with Gasteiger partial charge in [-0.25, -0.2) is 4.79 Å². The highest BCUT2D eigenvalue weighted by Gasteiger charge is 2.31. The summed E-state index contributed by atoms with van der Waals surface area (Å²) in [6, 6.07) is 5.14. The fourth-order valence-electron chi connectivity index (χ4n) is 1.45. The molecular formula is C12H12N4O5. The number of non-ortho nitro benzene ring substituents is 1. The number of rotatable bonds is 6. The van der Waals surface area contributed by atoms with E-state index in [9.17, 15) is 14.9 Å². The lowest BCUT2D eigenvalue weighted by molar-refractivity contribution is -0.384. The summed E-state index contributed by atoms with van der Waals surface area (Å²) in [5.41, 5.74) is 8.56. The van der Waals surface area contributed by atoms with Crippen LogP contribution in [0.25, 0.3) is 5.53 Å². The Balaban J connectivity index is 3.24. The number of ether oxygens (including phenoxy) is 1. The summed E-state index contributed by atoms with van der Waals surface area (Å²) in [6.07, 6.45) is 0. The molecule has 1 aromatic rings. The number of carbonyl (C=O) groups excluding carboxylic acids is 1. The second kappa shape index (κ2) is 7.51. The standard InChI is InChI=1S/C12H12N4O5/c1-3-21-12(17)11(14-13)10(15-20-2)8-4-6-9(7-5-8)16(18)19/h4-7H,3H2,1-2H3/b15-10-. The minimum Gasteiger partial charge on any atom is -0.457 e. The Kier molecular flexibility index (Phi) is 5.72. The Hall–Kier alpha value is -3.06. The number of hydrogen-bond acceptors (Lipinski definition) is 6. The van der Waals surface area contributed by atoms with Crippen LogP contribution >= 0.6 is 0 Å². The smallest absolute Gasteiger partial charge is 0.428 e. The third-order valence-corrected chi connectivity index (χ3v) is 2.33. The number of carbonyl (C=O) groups is 1. The molecule has 0 saturated heterocycles. The topological polar surface area (TPSA) is 127 Å². The van der Waals surface area contributed by atoms with E-state index in [0.717, 1.165) is 0 Å². The van der Waals surface area contributed by atoms with Gasteiger partial charge in [0.25, 0.3) is 5.69 Å². The van der Waals surface area contributed by atoms with Gasteiger partial charge in [-0.05, 0) is 19.1 Å². The van der Waals surface area contributed by atoms with Crippen molar-refractivity contribution in [1.29, 1.82) is 0 Å². The molecule has 0 N–H and O–H groups in total. The molecule has 1 aromatic carbocycles. The number of oxime groups is 1. The minimum atomic E-state index is -0.894. The van der Waals surface area contributed by atoms with Crippen LogP contribution in [0.4, 0.5) is 5.69 Å². The van der Waals surface area contributed by atoms with Crippen molar-refractivity contribution in [2.75, 3.05) is 13.7 Å². The summed E-state index contributed by atoms with van der Waals surface area (Å²) in [4.78, 5) is 29.2. The maximum Gasteiger partial charge on any atom is 0.428 e. The fourth-order valence-corrected chi connectivity index (χ4v) is 1.45. The van der Waals surface area contributed by atoms with E-state index in [-0.39, 0.29) is 18.0 Å². The van der Waals surface area contributed by atoms with E-state index in [0.29, 0.717) is 5.56 Å². The summed E-state index contributed by atoms with van der Waals surface area (Å²) in [5, 5.41) is 14.2. The first-order valence-corrected chi connectivity index (χ1v) is 5.80. The normalized spacial score (nSPS) is 10.5. The van der Waals surface area contributed by atoms with Crippen LogP contribution in [-0.2, 0) is 14.4 Å². The van der Waals surface area contributed by atoms with E-state index in [1.54, 1.807) is 6.92 Å². The number of nitro groups is 1. The highest BCUT2D eigenvalue weighted by Crippen LogP contribution is 2.13. The third-order valence-electron chi connectivity index (χ3n) is 2.33. The lowest BCUT2D eigenvalue weighted by Gasteiger charge is -2.02. The molecule has 0 heterocycles. The van der Waals surface area contributed by atoms with Crippen molar-refractivity contribution in [3.8, 4) is 0 Å². The Bertz CT molecular complexity index is 617. The van der Waals surface area contributed by atoms with E-state index >= 15 is 0 Å².